The molecule has 212 valence electrons. The van der Waals surface area contributed by atoms with E-state index in [2.05, 4.69) is 37.2 Å². The molecule has 4 rings (SSSR count). The molecule has 3 aromatic rings. The normalized spacial score (nSPS) is 12.8. The molecule has 0 bridgehead atoms. The monoisotopic (exact) mass is 690 g/mol. The number of esters is 1. The van der Waals surface area contributed by atoms with E-state index in [0.717, 1.165) is 52.4 Å². The SMILES string of the molecule is CCOC(=O)c1c(N=Cc2cc(Br)c(OCC(=O)Nc3cc(C)c(C)cc3Br)c(OCC)c2)sc2c1CCCC2. The van der Waals surface area contributed by atoms with Gasteiger partial charge < -0.3 is 19.5 Å². The highest BCUT2D eigenvalue weighted by molar-refractivity contribution is 9.11. The number of fused-ring (bicyclic) bond motifs is 1. The fourth-order valence-electron chi connectivity index (χ4n) is 4.46. The minimum atomic E-state index is -0.319. The molecule has 0 saturated heterocycles. The first-order valence-electron chi connectivity index (χ1n) is 13.2. The van der Waals surface area contributed by atoms with Crippen molar-refractivity contribution < 1.29 is 23.8 Å². The molecule has 0 aliphatic heterocycles. The van der Waals surface area contributed by atoms with Crippen molar-refractivity contribution in [1.29, 1.82) is 0 Å². The van der Waals surface area contributed by atoms with Gasteiger partial charge in [0.1, 0.15) is 5.00 Å². The van der Waals surface area contributed by atoms with Crippen molar-refractivity contribution in [1.82, 2.24) is 0 Å². The second kappa shape index (κ2) is 13.8. The topological polar surface area (TPSA) is 86.2 Å². The average molecular weight is 692 g/mol. The molecule has 0 fully saturated rings. The number of anilines is 1. The van der Waals surface area contributed by atoms with Crippen LogP contribution >= 0.6 is 43.2 Å². The highest BCUT2D eigenvalue weighted by Gasteiger charge is 2.26. The van der Waals surface area contributed by atoms with Gasteiger partial charge in [0.25, 0.3) is 5.91 Å². The van der Waals surface area contributed by atoms with E-state index in [1.54, 1.807) is 17.6 Å². The van der Waals surface area contributed by atoms with Crippen LogP contribution in [-0.4, -0.2) is 37.9 Å². The number of nitrogens with one attached hydrogen (secondary N) is 1. The van der Waals surface area contributed by atoms with Crippen LogP contribution < -0.4 is 14.8 Å². The van der Waals surface area contributed by atoms with E-state index in [9.17, 15) is 9.59 Å². The molecule has 7 nitrogen and oxygen atoms in total. The average Bonchev–Trinajstić information content (AvgIpc) is 3.29. The molecule has 1 aliphatic carbocycles. The number of hydrogen-bond donors (Lipinski definition) is 1. The largest absolute Gasteiger partial charge is 0.490 e. The van der Waals surface area contributed by atoms with E-state index in [1.165, 1.54) is 4.88 Å². The number of rotatable bonds is 10. The van der Waals surface area contributed by atoms with Crippen molar-refractivity contribution in [2.24, 2.45) is 4.99 Å². The van der Waals surface area contributed by atoms with Crippen molar-refractivity contribution in [2.45, 2.75) is 53.4 Å². The van der Waals surface area contributed by atoms with Crippen LogP contribution in [0.15, 0.2) is 38.2 Å². The molecule has 1 heterocycles. The van der Waals surface area contributed by atoms with Gasteiger partial charge >= 0.3 is 5.97 Å². The Bertz CT molecular complexity index is 1450. The van der Waals surface area contributed by atoms with Gasteiger partial charge in [-0.3, -0.25) is 4.79 Å². The Kier molecular flexibility index (Phi) is 10.4. The lowest BCUT2D eigenvalue weighted by Gasteiger charge is -2.15. The van der Waals surface area contributed by atoms with Crippen LogP contribution in [0.25, 0.3) is 0 Å². The van der Waals surface area contributed by atoms with Gasteiger partial charge in [0, 0.05) is 15.6 Å². The smallest absolute Gasteiger partial charge is 0.341 e. The highest BCUT2D eigenvalue weighted by atomic mass is 79.9. The first-order chi connectivity index (χ1) is 19.2. The Hall–Kier alpha value is -2.69. The van der Waals surface area contributed by atoms with Gasteiger partial charge in [-0.05, 0) is 132 Å². The Morgan fingerprint density at radius 2 is 1.75 bits per heavy atom. The Labute approximate surface area is 255 Å². The second-order valence-electron chi connectivity index (χ2n) is 9.39. The number of ether oxygens (including phenoxy) is 3. The molecule has 0 saturated carbocycles. The summed E-state index contributed by atoms with van der Waals surface area (Å²) in [6.45, 7) is 8.23. The summed E-state index contributed by atoms with van der Waals surface area (Å²) in [6.07, 6.45) is 5.72. The van der Waals surface area contributed by atoms with Crippen LogP contribution in [0, 0.1) is 13.8 Å². The second-order valence-corrected chi connectivity index (χ2v) is 12.2. The summed E-state index contributed by atoms with van der Waals surface area (Å²) >= 11 is 8.63. The first-order valence-corrected chi connectivity index (χ1v) is 15.6. The number of thiophene rings is 1. The van der Waals surface area contributed by atoms with Crippen LogP contribution in [0.1, 0.15) is 64.2 Å². The number of amides is 1. The lowest BCUT2D eigenvalue weighted by atomic mass is 9.95. The van der Waals surface area contributed by atoms with Crippen molar-refractivity contribution >= 4 is 72.0 Å². The number of carbonyl (C=O) groups excluding carboxylic acids is 2. The molecule has 0 spiro atoms. The maximum absolute atomic E-state index is 12.8. The third-order valence-electron chi connectivity index (χ3n) is 6.50. The van der Waals surface area contributed by atoms with Crippen molar-refractivity contribution in [3.8, 4) is 11.5 Å². The summed E-state index contributed by atoms with van der Waals surface area (Å²) in [6, 6.07) is 7.54. The molecule has 10 heteroatoms. The number of benzene rings is 2. The summed E-state index contributed by atoms with van der Waals surface area (Å²) in [5, 5.41) is 3.55. The molecule has 0 atom stereocenters. The lowest BCUT2D eigenvalue weighted by molar-refractivity contribution is -0.118. The zero-order chi connectivity index (χ0) is 28.8. The number of halogens is 2. The fourth-order valence-corrected chi connectivity index (χ4v) is 6.81. The summed E-state index contributed by atoms with van der Waals surface area (Å²) in [5.41, 5.74) is 5.31. The van der Waals surface area contributed by atoms with Crippen LogP contribution in [0.3, 0.4) is 0 Å². The predicted molar refractivity (Wildman–Crippen MR) is 167 cm³/mol. The number of aliphatic imine (C=N–C) groups is 1. The summed E-state index contributed by atoms with van der Waals surface area (Å²) in [4.78, 5) is 31.4. The molecular weight excluding hydrogens is 660 g/mol. The summed E-state index contributed by atoms with van der Waals surface area (Å²) in [5.74, 6) is 0.291. The number of aryl methyl sites for hydroxylation is 3. The van der Waals surface area contributed by atoms with Gasteiger partial charge in [0.15, 0.2) is 18.1 Å². The van der Waals surface area contributed by atoms with E-state index >= 15 is 0 Å². The number of carbonyl (C=O) groups is 2. The fraction of sp³-hybridized carbons (Fsp3) is 0.367. The lowest BCUT2D eigenvalue weighted by Crippen LogP contribution is -2.21. The van der Waals surface area contributed by atoms with Crippen molar-refractivity contribution in [2.75, 3.05) is 25.1 Å². The third kappa shape index (κ3) is 7.14. The molecule has 40 heavy (non-hydrogen) atoms. The van der Waals surface area contributed by atoms with Gasteiger partial charge in [-0.2, -0.15) is 0 Å². The van der Waals surface area contributed by atoms with E-state index in [0.29, 0.717) is 45.4 Å². The quantitative estimate of drug-likeness (QED) is 0.172. The first kappa shape index (κ1) is 30.3. The van der Waals surface area contributed by atoms with E-state index in [1.807, 2.05) is 52.0 Å². The zero-order valence-corrected chi connectivity index (χ0v) is 27.0. The standard InChI is InChI=1S/C30H32Br2N2O5S/c1-5-37-24-14-19(15-33-29-27(30(36)38-6-2)20-9-7-8-10-25(20)40-29)13-22(32)28(24)39-16-26(35)34-23-12-18(4)17(3)11-21(23)31/h11-15H,5-10,16H2,1-4H3,(H,34,35). The van der Waals surface area contributed by atoms with Crippen molar-refractivity contribution in [3.05, 3.63) is 65.9 Å². The molecule has 0 unspecified atom stereocenters. The van der Waals surface area contributed by atoms with Gasteiger partial charge in [0.2, 0.25) is 0 Å². The molecule has 1 N–H and O–H groups in total. The van der Waals surface area contributed by atoms with Crippen LogP contribution in [-0.2, 0) is 22.4 Å². The minimum absolute atomic E-state index is 0.199. The summed E-state index contributed by atoms with van der Waals surface area (Å²) < 4.78 is 18.5. The zero-order valence-electron chi connectivity index (χ0n) is 23.0. The Balaban J connectivity index is 1.54. The highest BCUT2D eigenvalue weighted by Crippen LogP contribution is 2.41. The molecule has 1 amide bonds. The molecule has 1 aliphatic rings. The molecule has 2 aromatic carbocycles. The van der Waals surface area contributed by atoms with Crippen LogP contribution in [0.5, 0.6) is 11.5 Å². The number of nitrogens with zero attached hydrogens (tertiary/aromatic N) is 1. The van der Waals surface area contributed by atoms with Gasteiger partial charge in [-0.25, -0.2) is 9.79 Å². The van der Waals surface area contributed by atoms with Gasteiger partial charge in [0.05, 0.1) is 28.9 Å². The van der Waals surface area contributed by atoms with E-state index < -0.39 is 0 Å². The molecule has 0 radical (unpaired) electrons. The Morgan fingerprint density at radius 1 is 1.00 bits per heavy atom. The summed E-state index contributed by atoms with van der Waals surface area (Å²) in [7, 11) is 0. The van der Waals surface area contributed by atoms with Gasteiger partial charge in [-0.15, -0.1) is 11.3 Å². The predicted octanol–water partition coefficient (Wildman–Crippen LogP) is 8.11. The van der Waals surface area contributed by atoms with Gasteiger partial charge in [-0.1, -0.05) is 0 Å². The Morgan fingerprint density at radius 3 is 2.50 bits per heavy atom. The third-order valence-corrected chi connectivity index (χ3v) is 8.94. The molecule has 1 aromatic heterocycles. The maximum atomic E-state index is 12.8. The number of hydrogen-bond acceptors (Lipinski definition) is 7. The maximum Gasteiger partial charge on any atom is 0.341 e. The van der Waals surface area contributed by atoms with Crippen LogP contribution in [0.2, 0.25) is 0 Å². The molecular formula is C30H32Br2N2O5S. The van der Waals surface area contributed by atoms with Crippen LogP contribution in [0.4, 0.5) is 10.7 Å². The van der Waals surface area contributed by atoms with E-state index in [-0.39, 0.29) is 18.5 Å². The minimum Gasteiger partial charge on any atom is -0.490 e. The van der Waals surface area contributed by atoms with E-state index in [4.69, 9.17) is 19.2 Å². The van der Waals surface area contributed by atoms with Crippen molar-refractivity contribution in [3.63, 3.8) is 0 Å².